The number of phenolic OH excluding ortho intramolecular Hbond substituents is 1. The number of carboxylic acids is 3. The Morgan fingerprint density at radius 1 is 0.806 bits per heavy atom. The Hall–Kier alpha value is -3.67. The van der Waals surface area contributed by atoms with Crippen molar-refractivity contribution in [3.8, 4) is 5.75 Å². The van der Waals surface area contributed by atoms with E-state index in [4.69, 9.17) is 15.9 Å². The Bertz CT molecular complexity index is 810. The van der Waals surface area contributed by atoms with E-state index in [1.807, 2.05) is 0 Å². The van der Waals surface area contributed by atoms with E-state index in [2.05, 4.69) is 10.6 Å². The first-order valence-electron chi connectivity index (χ1n) is 9.30. The summed E-state index contributed by atoms with van der Waals surface area (Å²) < 4.78 is 0. The molecule has 1 aromatic carbocycles. The first-order chi connectivity index (χ1) is 14.5. The van der Waals surface area contributed by atoms with Crippen molar-refractivity contribution in [2.45, 2.75) is 50.2 Å². The summed E-state index contributed by atoms with van der Waals surface area (Å²) in [6.45, 7) is 0. The van der Waals surface area contributed by atoms with Gasteiger partial charge >= 0.3 is 17.9 Å². The lowest BCUT2D eigenvalue weighted by molar-refractivity contribution is -0.143. The molecule has 0 aliphatic heterocycles. The van der Waals surface area contributed by atoms with Gasteiger partial charge in [-0.25, -0.2) is 4.79 Å². The Morgan fingerprint density at radius 2 is 1.32 bits per heavy atom. The molecule has 0 radical (unpaired) electrons. The van der Waals surface area contributed by atoms with E-state index in [9.17, 15) is 34.2 Å². The van der Waals surface area contributed by atoms with Crippen molar-refractivity contribution in [2.24, 2.45) is 5.73 Å². The van der Waals surface area contributed by atoms with Crippen LogP contribution in [-0.4, -0.2) is 68.3 Å². The number of nitrogens with one attached hydrogen (secondary N) is 2. The number of aromatic hydroxyl groups is 1. The molecule has 31 heavy (non-hydrogen) atoms. The van der Waals surface area contributed by atoms with Crippen LogP contribution in [0.5, 0.6) is 5.75 Å². The largest absolute Gasteiger partial charge is 0.508 e. The zero-order chi connectivity index (χ0) is 23.6. The third-order valence-electron chi connectivity index (χ3n) is 4.28. The summed E-state index contributed by atoms with van der Waals surface area (Å²) in [5.41, 5.74) is 6.18. The summed E-state index contributed by atoms with van der Waals surface area (Å²) in [5.74, 6) is -5.54. The number of aliphatic carboxylic acids is 3. The van der Waals surface area contributed by atoms with Crippen molar-refractivity contribution in [2.75, 3.05) is 0 Å². The fourth-order valence-corrected chi connectivity index (χ4v) is 2.56. The number of amides is 2. The van der Waals surface area contributed by atoms with Crippen LogP contribution in [0.2, 0.25) is 0 Å². The minimum atomic E-state index is -1.50. The van der Waals surface area contributed by atoms with Crippen LogP contribution in [0.15, 0.2) is 24.3 Å². The van der Waals surface area contributed by atoms with Crippen molar-refractivity contribution in [3.63, 3.8) is 0 Å². The van der Waals surface area contributed by atoms with Gasteiger partial charge in [0.2, 0.25) is 11.8 Å². The molecule has 0 spiro atoms. The van der Waals surface area contributed by atoms with Crippen molar-refractivity contribution >= 4 is 29.7 Å². The zero-order valence-electron chi connectivity index (χ0n) is 16.5. The van der Waals surface area contributed by atoms with Gasteiger partial charge in [-0.2, -0.15) is 0 Å². The van der Waals surface area contributed by atoms with Gasteiger partial charge in [-0.3, -0.25) is 19.2 Å². The quantitative estimate of drug-likeness (QED) is 0.200. The number of rotatable bonds is 13. The van der Waals surface area contributed by atoms with Gasteiger partial charge in [-0.15, -0.1) is 0 Å². The third-order valence-corrected chi connectivity index (χ3v) is 4.28. The van der Waals surface area contributed by atoms with E-state index in [1.54, 1.807) is 0 Å². The first-order valence-corrected chi connectivity index (χ1v) is 9.30. The lowest BCUT2D eigenvalue weighted by atomic mass is 10.0. The van der Waals surface area contributed by atoms with Gasteiger partial charge in [-0.05, 0) is 30.5 Å². The molecule has 8 N–H and O–H groups in total. The first kappa shape index (κ1) is 25.4. The van der Waals surface area contributed by atoms with Crippen LogP contribution in [-0.2, 0) is 30.4 Å². The standard InChI is InChI=1S/C19H25N3O9/c20-12(5-7-15(24)25)17(28)22-14(9-10-1-3-11(23)4-2-10)18(29)21-13(19(30)31)6-8-16(26)27/h1-4,12-14,23H,5-9,20H2,(H,21,29)(H,22,28)(H,24,25)(H,26,27)(H,30,31)/t12-,13+,14+/m1/s1. The maximum atomic E-state index is 12.7. The Labute approximate surface area is 177 Å². The van der Waals surface area contributed by atoms with Crippen molar-refractivity contribution < 1.29 is 44.4 Å². The zero-order valence-corrected chi connectivity index (χ0v) is 16.5. The van der Waals surface area contributed by atoms with E-state index in [0.29, 0.717) is 5.56 Å². The lowest BCUT2D eigenvalue weighted by Crippen LogP contribution is -2.55. The molecule has 2 amide bonds. The maximum Gasteiger partial charge on any atom is 0.326 e. The van der Waals surface area contributed by atoms with Crippen molar-refractivity contribution in [1.82, 2.24) is 10.6 Å². The van der Waals surface area contributed by atoms with E-state index in [-0.39, 0.29) is 31.4 Å². The summed E-state index contributed by atoms with van der Waals surface area (Å²) in [4.78, 5) is 57.7. The van der Waals surface area contributed by atoms with E-state index in [0.717, 1.165) is 0 Å². The smallest absolute Gasteiger partial charge is 0.326 e. The number of carbonyl (C=O) groups is 5. The minimum absolute atomic E-state index is 0.0240. The average molecular weight is 439 g/mol. The lowest BCUT2D eigenvalue weighted by Gasteiger charge is -2.23. The van der Waals surface area contributed by atoms with Crippen LogP contribution < -0.4 is 16.4 Å². The summed E-state index contributed by atoms with van der Waals surface area (Å²) >= 11 is 0. The van der Waals surface area contributed by atoms with Gasteiger partial charge < -0.3 is 36.8 Å². The van der Waals surface area contributed by atoms with Gasteiger partial charge in [-0.1, -0.05) is 12.1 Å². The number of benzene rings is 1. The van der Waals surface area contributed by atoms with Crippen molar-refractivity contribution in [3.05, 3.63) is 29.8 Å². The van der Waals surface area contributed by atoms with Crippen LogP contribution in [0.1, 0.15) is 31.2 Å². The molecule has 0 heterocycles. The predicted octanol–water partition coefficient (Wildman–Crippen LogP) is -0.954. The van der Waals surface area contributed by atoms with Gasteiger partial charge in [0.1, 0.15) is 17.8 Å². The molecule has 0 fully saturated rings. The number of hydrogen-bond donors (Lipinski definition) is 7. The summed E-state index contributed by atoms with van der Waals surface area (Å²) in [5, 5.41) is 40.6. The molecular weight excluding hydrogens is 414 g/mol. The fraction of sp³-hybridized carbons (Fsp3) is 0.421. The number of nitrogens with two attached hydrogens (primary N) is 1. The Balaban J connectivity index is 2.96. The molecule has 0 aromatic heterocycles. The number of hydrogen-bond acceptors (Lipinski definition) is 7. The Kier molecular flexibility index (Phi) is 9.92. The molecule has 0 unspecified atom stereocenters. The van der Waals surface area contributed by atoms with E-state index in [1.165, 1.54) is 24.3 Å². The van der Waals surface area contributed by atoms with Gasteiger partial charge in [0, 0.05) is 19.3 Å². The van der Waals surface area contributed by atoms with Crippen LogP contribution >= 0.6 is 0 Å². The summed E-state index contributed by atoms with van der Waals surface area (Å²) in [6.07, 6.45) is -1.49. The normalized spacial score (nSPS) is 13.5. The van der Waals surface area contributed by atoms with Gasteiger partial charge in [0.05, 0.1) is 6.04 Å². The fourth-order valence-electron chi connectivity index (χ4n) is 2.56. The molecule has 1 aromatic rings. The second kappa shape index (κ2) is 12.1. The highest BCUT2D eigenvalue weighted by Crippen LogP contribution is 2.12. The maximum absolute atomic E-state index is 12.7. The summed E-state index contributed by atoms with van der Waals surface area (Å²) in [6, 6.07) is 1.71. The number of carboxylic acid groups (broad SMARTS) is 3. The van der Waals surface area contributed by atoms with Crippen LogP contribution in [0.3, 0.4) is 0 Å². The van der Waals surface area contributed by atoms with Crippen LogP contribution in [0.25, 0.3) is 0 Å². The molecular formula is C19H25N3O9. The second-order valence-corrected chi connectivity index (χ2v) is 6.80. The third kappa shape index (κ3) is 9.58. The second-order valence-electron chi connectivity index (χ2n) is 6.80. The molecule has 170 valence electrons. The average Bonchev–Trinajstić information content (AvgIpc) is 2.69. The number of phenols is 1. The Morgan fingerprint density at radius 3 is 1.84 bits per heavy atom. The highest BCUT2D eigenvalue weighted by molar-refractivity contribution is 5.92. The molecule has 3 atom stereocenters. The SMILES string of the molecule is N[C@H](CCC(=O)O)C(=O)N[C@@H](Cc1ccc(O)cc1)C(=O)N[C@@H](CCC(=O)O)C(=O)O. The van der Waals surface area contributed by atoms with Gasteiger partial charge in [0.15, 0.2) is 0 Å². The van der Waals surface area contributed by atoms with Crippen molar-refractivity contribution in [1.29, 1.82) is 0 Å². The molecule has 0 saturated carbocycles. The highest BCUT2D eigenvalue weighted by Gasteiger charge is 2.28. The molecule has 0 aliphatic carbocycles. The van der Waals surface area contributed by atoms with E-state index < -0.39 is 54.3 Å². The topological polar surface area (TPSA) is 216 Å². The van der Waals surface area contributed by atoms with Crippen LogP contribution in [0, 0.1) is 0 Å². The molecule has 0 aliphatic rings. The van der Waals surface area contributed by atoms with Crippen LogP contribution in [0.4, 0.5) is 0 Å². The molecule has 12 nitrogen and oxygen atoms in total. The molecule has 1 rings (SSSR count). The summed E-state index contributed by atoms with van der Waals surface area (Å²) in [7, 11) is 0. The van der Waals surface area contributed by atoms with Gasteiger partial charge in [0.25, 0.3) is 0 Å². The minimum Gasteiger partial charge on any atom is -0.508 e. The highest BCUT2D eigenvalue weighted by atomic mass is 16.4. The number of carbonyl (C=O) groups excluding carboxylic acids is 2. The van der Waals surface area contributed by atoms with E-state index >= 15 is 0 Å². The molecule has 12 heteroatoms. The molecule has 0 bridgehead atoms. The predicted molar refractivity (Wildman–Crippen MR) is 105 cm³/mol. The monoisotopic (exact) mass is 439 g/mol. The molecule has 0 saturated heterocycles.